The van der Waals surface area contributed by atoms with E-state index >= 15 is 0 Å². The van der Waals surface area contributed by atoms with Crippen LogP contribution in [0.2, 0.25) is 0 Å². The lowest BCUT2D eigenvalue weighted by atomic mass is 10.1. The highest BCUT2D eigenvalue weighted by Gasteiger charge is 2.13. The molecule has 0 atom stereocenters. The Hall–Kier alpha value is -2.84. The highest BCUT2D eigenvalue weighted by molar-refractivity contribution is 7.10. The van der Waals surface area contributed by atoms with Crippen molar-refractivity contribution in [1.29, 1.82) is 0 Å². The number of nitrogens with one attached hydrogen (secondary N) is 1. The summed E-state index contributed by atoms with van der Waals surface area (Å²) < 4.78 is 1.80. The number of nitrogens with zero attached hydrogens (tertiary/aromatic N) is 2. The van der Waals surface area contributed by atoms with E-state index in [2.05, 4.69) is 22.3 Å². The van der Waals surface area contributed by atoms with Gasteiger partial charge in [-0.25, -0.2) is 0 Å². The number of rotatable bonds is 3. The molecule has 0 spiro atoms. The minimum absolute atomic E-state index is 0.0532. The Bertz CT molecular complexity index is 959. The zero-order valence-corrected chi connectivity index (χ0v) is 15.3. The number of benzene rings is 1. The molecule has 0 radical (unpaired) electrons. The van der Waals surface area contributed by atoms with Crippen molar-refractivity contribution in [2.24, 2.45) is 7.05 Å². The first kappa shape index (κ1) is 17.0. The second kappa shape index (κ2) is 7.37. The largest absolute Gasteiger partial charge is 0.326 e. The monoisotopic (exact) mass is 349 g/mol. The fourth-order valence-corrected chi connectivity index (χ4v) is 3.17. The quantitative estimate of drug-likeness (QED) is 0.733. The van der Waals surface area contributed by atoms with Crippen molar-refractivity contribution in [2.45, 2.75) is 20.3 Å². The lowest BCUT2D eigenvalue weighted by Gasteiger charge is -2.06. The van der Waals surface area contributed by atoms with Crippen molar-refractivity contribution in [3.8, 4) is 11.8 Å². The molecule has 1 amide bonds. The maximum atomic E-state index is 12.4. The summed E-state index contributed by atoms with van der Waals surface area (Å²) in [5.41, 5.74) is 4.52. The Labute approximate surface area is 151 Å². The van der Waals surface area contributed by atoms with Gasteiger partial charge in [-0.15, -0.1) is 11.3 Å². The van der Waals surface area contributed by atoms with Crippen molar-refractivity contribution >= 4 is 22.9 Å². The second-order valence-electron chi connectivity index (χ2n) is 5.81. The standard InChI is InChI=1S/C20H19N3OS/c1-14-19(15(2)23(3)22-14)13-20(24)21-17-7-4-6-16(12-17)9-10-18-8-5-11-25-18/h4-8,11-12H,13H2,1-3H3,(H,21,24). The van der Waals surface area contributed by atoms with Gasteiger partial charge in [-0.3, -0.25) is 9.48 Å². The fourth-order valence-electron chi connectivity index (χ4n) is 2.60. The third kappa shape index (κ3) is 4.17. The Balaban J connectivity index is 1.70. The zero-order valence-electron chi connectivity index (χ0n) is 14.5. The molecule has 126 valence electrons. The topological polar surface area (TPSA) is 46.9 Å². The number of amides is 1. The fraction of sp³-hybridized carbons (Fsp3) is 0.200. The third-order valence-electron chi connectivity index (χ3n) is 3.99. The van der Waals surface area contributed by atoms with E-state index in [9.17, 15) is 4.79 Å². The SMILES string of the molecule is Cc1nn(C)c(C)c1CC(=O)Nc1cccc(C#Cc2cccs2)c1. The van der Waals surface area contributed by atoms with E-state index in [1.54, 1.807) is 16.0 Å². The number of hydrogen-bond donors (Lipinski definition) is 1. The molecule has 3 rings (SSSR count). The van der Waals surface area contributed by atoms with Crippen LogP contribution in [0.4, 0.5) is 5.69 Å². The van der Waals surface area contributed by atoms with E-state index in [1.165, 1.54) is 0 Å². The molecule has 0 aliphatic rings. The molecular formula is C20H19N3OS. The van der Waals surface area contributed by atoms with Gasteiger partial charge in [0.2, 0.25) is 5.91 Å². The first-order chi connectivity index (χ1) is 12.0. The van der Waals surface area contributed by atoms with Crippen LogP contribution in [-0.2, 0) is 18.3 Å². The molecule has 25 heavy (non-hydrogen) atoms. The molecular weight excluding hydrogens is 330 g/mol. The number of aromatic nitrogens is 2. The van der Waals surface area contributed by atoms with Crippen LogP contribution < -0.4 is 5.32 Å². The predicted octanol–water partition coefficient (Wildman–Crippen LogP) is 3.68. The number of hydrogen-bond acceptors (Lipinski definition) is 3. The van der Waals surface area contributed by atoms with Gasteiger partial charge in [0.25, 0.3) is 0 Å². The Morgan fingerprint density at radius 3 is 2.76 bits per heavy atom. The maximum Gasteiger partial charge on any atom is 0.228 e. The smallest absolute Gasteiger partial charge is 0.228 e. The van der Waals surface area contributed by atoms with Crippen LogP contribution in [0.1, 0.15) is 27.4 Å². The highest BCUT2D eigenvalue weighted by Crippen LogP contribution is 2.15. The minimum Gasteiger partial charge on any atom is -0.326 e. The van der Waals surface area contributed by atoms with Gasteiger partial charge >= 0.3 is 0 Å². The van der Waals surface area contributed by atoms with Gasteiger partial charge in [0.05, 0.1) is 17.0 Å². The number of thiophene rings is 1. The number of carbonyl (C=O) groups is 1. The van der Waals surface area contributed by atoms with Crippen LogP contribution in [0, 0.1) is 25.7 Å². The molecule has 0 unspecified atom stereocenters. The Morgan fingerprint density at radius 2 is 2.08 bits per heavy atom. The molecule has 5 heteroatoms. The van der Waals surface area contributed by atoms with Crippen LogP contribution >= 0.6 is 11.3 Å². The molecule has 0 aliphatic carbocycles. The van der Waals surface area contributed by atoms with Gasteiger partial charge < -0.3 is 5.32 Å². The number of aryl methyl sites for hydroxylation is 2. The summed E-state index contributed by atoms with van der Waals surface area (Å²) in [4.78, 5) is 13.4. The summed E-state index contributed by atoms with van der Waals surface area (Å²) >= 11 is 1.61. The Morgan fingerprint density at radius 1 is 1.24 bits per heavy atom. The molecule has 0 aliphatic heterocycles. The van der Waals surface area contributed by atoms with E-state index in [4.69, 9.17) is 0 Å². The molecule has 4 nitrogen and oxygen atoms in total. The summed E-state index contributed by atoms with van der Waals surface area (Å²) in [6, 6.07) is 11.6. The van der Waals surface area contributed by atoms with E-state index in [0.29, 0.717) is 6.42 Å². The summed E-state index contributed by atoms with van der Waals surface area (Å²) in [5, 5.41) is 9.30. The van der Waals surface area contributed by atoms with Gasteiger partial charge in [0.15, 0.2) is 0 Å². The second-order valence-corrected chi connectivity index (χ2v) is 6.75. The number of carbonyl (C=O) groups excluding carboxylic acids is 1. The maximum absolute atomic E-state index is 12.4. The molecule has 0 saturated carbocycles. The van der Waals surface area contributed by atoms with E-state index in [0.717, 1.165) is 33.1 Å². The molecule has 1 N–H and O–H groups in total. The molecule has 0 saturated heterocycles. The van der Waals surface area contributed by atoms with Gasteiger partial charge in [0, 0.05) is 29.6 Å². The van der Waals surface area contributed by atoms with Gasteiger partial charge in [-0.05, 0) is 43.5 Å². The van der Waals surface area contributed by atoms with Crippen molar-refractivity contribution in [3.05, 3.63) is 69.2 Å². The average Bonchev–Trinajstić information content (AvgIpc) is 3.18. The summed E-state index contributed by atoms with van der Waals surface area (Å²) in [7, 11) is 1.89. The van der Waals surface area contributed by atoms with Crippen LogP contribution in [0.15, 0.2) is 41.8 Å². The predicted molar refractivity (Wildman–Crippen MR) is 102 cm³/mol. The summed E-state index contributed by atoms with van der Waals surface area (Å²) in [6.07, 6.45) is 0.316. The molecule has 2 aromatic heterocycles. The number of anilines is 1. The zero-order chi connectivity index (χ0) is 17.8. The molecule has 3 aromatic rings. The van der Waals surface area contributed by atoms with Gasteiger partial charge in [0.1, 0.15) is 0 Å². The summed E-state index contributed by atoms with van der Waals surface area (Å²) in [6.45, 7) is 3.90. The van der Waals surface area contributed by atoms with Gasteiger partial charge in [-0.1, -0.05) is 24.0 Å². The lowest BCUT2D eigenvalue weighted by Crippen LogP contribution is -2.15. The van der Waals surface area contributed by atoms with Crippen LogP contribution in [0.5, 0.6) is 0 Å². The lowest BCUT2D eigenvalue weighted by molar-refractivity contribution is -0.115. The Kier molecular flexibility index (Phi) is 5.01. The van der Waals surface area contributed by atoms with Crippen molar-refractivity contribution in [2.75, 3.05) is 5.32 Å². The first-order valence-electron chi connectivity index (χ1n) is 7.97. The third-order valence-corrected chi connectivity index (χ3v) is 4.78. The van der Waals surface area contributed by atoms with Crippen LogP contribution in [0.3, 0.4) is 0 Å². The van der Waals surface area contributed by atoms with Crippen molar-refractivity contribution in [3.63, 3.8) is 0 Å². The first-order valence-corrected chi connectivity index (χ1v) is 8.85. The highest BCUT2D eigenvalue weighted by atomic mass is 32.1. The van der Waals surface area contributed by atoms with E-state index in [-0.39, 0.29) is 5.91 Å². The van der Waals surface area contributed by atoms with Crippen molar-refractivity contribution < 1.29 is 4.79 Å². The van der Waals surface area contributed by atoms with Crippen LogP contribution in [0.25, 0.3) is 0 Å². The molecule has 0 fully saturated rings. The molecule has 2 heterocycles. The molecule has 1 aromatic carbocycles. The van der Waals surface area contributed by atoms with E-state index in [1.807, 2.05) is 62.7 Å². The average molecular weight is 349 g/mol. The van der Waals surface area contributed by atoms with Crippen molar-refractivity contribution in [1.82, 2.24) is 9.78 Å². The van der Waals surface area contributed by atoms with E-state index < -0.39 is 0 Å². The van der Waals surface area contributed by atoms with Gasteiger partial charge in [-0.2, -0.15) is 5.10 Å². The normalized spacial score (nSPS) is 10.2. The minimum atomic E-state index is -0.0532. The van der Waals surface area contributed by atoms with Crippen LogP contribution in [-0.4, -0.2) is 15.7 Å². The summed E-state index contributed by atoms with van der Waals surface area (Å²) in [5.74, 6) is 6.20. The molecule has 0 bridgehead atoms.